The van der Waals surface area contributed by atoms with Crippen LogP contribution in [0.5, 0.6) is 0 Å². The van der Waals surface area contributed by atoms with Gasteiger partial charge in [-0.25, -0.2) is 8.42 Å². The van der Waals surface area contributed by atoms with Crippen LogP contribution in [-0.4, -0.2) is 33.0 Å². The average molecular weight is 243 g/mol. The third-order valence-corrected chi connectivity index (χ3v) is 5.84. The van der Waals surface area contributed by atoms with Crippen molar-refractivity contribution in [1.82, 2.24) is 5.32 Å². The zero-order valence-electron chi connectivity index (χ0n) is 9.85. The minimum Gasteiger partial charge on any atom is -0.313 e. The highest BCUT2D eigenvalue weighted by atomic mass is 32.2. The number of sulfone groups is 1. The molecule has 92 valence electrons. The van der Waals surface area contributed by atoms with E-state index in [1.807, 2.05) is 0 Å². The van der Waals surface area contributed by atoms with E-state index >= 15 is 0 Å². The lowest BCUT2D eigenvalue weighted by atomic mass is 10.0. The Morgan fingerprint density at radius 2 is 1.81 bits per heavy atom. The Balaban J connectivity index is 1.40. The average Bonchev–Trinajstić information content (AvgIpc) is 2.60. The van der Waals surface area contributed by atoms with Crippen LogP contribution in [0.2, 0.25) is 0 Å². The van der Waals surface area contributed by atoms with Crippen molar-refractivity contribution >= 4 is 9.84 Å². The lowest BCUT2D eigenvalue weighted by Crippen LogP contribution is -2.25. The van der Waals surface area contributed by atoms with Gasteiger partial charge in [0.2, 0.25) is 0 Å². The molecule has 2 bridgehead atoms. The second-order valence-electron chi connectivity index (χ2n) is 5.95. The standard InChI is InChI=1S/C12H21NO2S/c1-16(14,15)6-2-5-13-12-10-8-3-4-9(7-8)11(10)12/h8-13H,2-7H2,1H3. The highest BCUT2D eigenvalue weighted by molar-refractivity contribution is 7.90. The Kier molecular flexibility index (Phi) is 2.55. The first-order valence-electron chi connectivity index (χ1n) is 6.47. The summed E-state index contributed by atoms with van der Waals surface area (Å²) in [5.41, 5.74) is 0. The van der Waals surface area contributed by atoms with Gasteiger partial charge in [0.1, 0.15) is 9.84 Å². The summed E-state index contributed by atoms with van der Waals surface area (Å²) in [7, 11) is -2.77. The highest BCUT2D eigenvalue weighted by Gasteiger charge is 2.64. The quantitative estimate of drug-likeness (QED) is 0.734. The number of nitrogens with one attached hydrogen (secondary N) is 1. The van der Waals surface area contributed by atoms with Crippen molar-refractivity contribution in [3.63, 3.8) is 0 Å². The van der Waals surface area contributed by atoms with Crippen LogP contribution >= 0.6 is 0 Å². The molecule has 4 atom stereocenters. The highest BCUT2D eigenvalue weighted by Crippen LogP contribution is 2.65. The van der Waals surface area contributed by atoms with Crippen LogP contribution in [0.15, 0.2) is 0 Å². The smallest absolute Gasteiger partial charge is 0.147 e. The van der Waals surface area contributed by atoms with E-state index in [9.17, 15) is 8.42 Å². The Labute approximate surface area is 97.9 Å². The first kappa shape index (κ1) is 11.0. The molecule has 3 aliphatic rings. The van der Waals surface area contributed by atoms with Crippen LogP contribution < -0.4 is 5.32 Å². The Bertz CT molecular complexity index is 362. The van der Waals surface area contributed by atoms with Gasteiger partial charge in [-0.05, 0) is 55.9 Å². The van der Waals surface area contributed by atoms with Gasteiger partial charge in [0, 0.05) is 12.3 Å². The molecular weight excluding hydrogens is 222 g/mol. The van der Waals surface area contributed by atoms with Gasteiger partial charge in [-0.2, -0.15) is 0 Å². The van der Waals surface area contributed by atoms with Gasteiger partial charge in [-0.3, -0.25) is 0 Å². The fraction of sp³-hybridized carbons (Fsp3) is 1.00. The molecule has 0 radical (unpaired) electrons. The van der Waals surface area contributed by atoms with Gasteiger partial charge < -0.3 is 5.32 Å². The number of rotatable bonds is 5. The topological polar surface area (TPSA) is 46.2 Å². The first-order valence-corrected chi connectivity index (χ1v) is 8.53. The molecule has 3 saturated carbocycles. The third-order valence-electron chi connectivity index (χ3n) is 4.81. The molecule has 0 spiro atoms. The maximum absolute atomic E-state index is 11.0. The summed E-state index contributed by atoms with van der Waals surface area (Å²) in [5, 5.41) is 3.57. The van der Waals surface area contributed by atoms with E-state index in [0.717, 1.165) is 42.7 Å². The van der Waals surface area contributed by atoms with Crippen LogP contribution in [-0.2, 0) is 9.84 Å². The molecule has 0 aromatic carbocycles. The van der Waals surface area contributed by atoms with Crippen molar-refractivity contribution in [3.05, 3.63) is 0 Å². The van der Waals surface area contributed by atoms with Crippen molar-refractivity contribution in [2.45, 2.75) is 31.7 Å². The summed E-state index contributed by atoms with van der Waals surface area (Å²) in [5.74, 6) is 4.24. The van der Waals surface area contributed by atoms with Crippen molar-refractivity contribution in [3.8, 4) is 0 Å². The van der Waals surface area contributed by atoms with Crippen LogP contribution in [0.3, 0.4) is 0 Å². The molecule has 16 heavy (non-hydrogen) atoms. The summed E-state index contributed by atoms with van der Waals surface area (Å²) in [4.78, 5) is 0. The van der Waals surface area contributed by atoms with E-state index < -0.39 is 9.84 Å². The van der Waals surface area contributed by atoms with Gasteiger partial charge >= 0.3 is 0 Å². The van der Waals surface area contributed by atoms with Crippen LogP contribution in [0.4, 0.5) is 0 Å². The summed E-state index contributed by atoms with van der Waals surface area (Å²) in [6.07, 6.45) is 6.47. The van der Waals surface area contributed by atoms with Gasteiger partial charge in [-0.15, -0.1) is 0 Å². The molecule has 0 amide bonds. The fourth-order valence-electron chi connectivity index (χ4n) is 4.20. The number of hydrogen-bond donors (Lipinski definition) is 1. The number of fused-ring (bicyclic) bond motifs is 5. The zero-order valence-corrected chi connectivity index (χ0v) is 10.7. The molecule has 4 heteroatoms. The van der Waals surface area contributed by atoms with E-state index in [1.165, 1.54) is 25.5 Å². The van der Waals surface area contributed by atoms with Gasteiger partial charge in [0.05, 0.1) is 5.75 Å². The molecule has 3 nitrogen and oxygen atoms in total. The van der Waals surface area contributed by atoms with Crippen LogP contribution in [0.25, 0.3) is 0 Å². The van der Waals surface area contributed by atoms with Gasteiger partial charge in [0.15, 0.2) is 0 Å². The second-order valence-corrected chi connectivity index (χ2v) is 8.21. The van der Waals surface area contributed by atoms with Crippen molar-refractivity contribution in [2.24, 2.45) is 23.7 Å². The van der Waals surface area contributed by atoms with Crippen molar-refractivity contribution in [1.29, 1.82) is 0 Å². The minimum atomic E-state index is -2.77. The molecule has 1 N–H and O–H groups in total. The van der Waals surface area contributed by atoms with E-state index in [4.69, 9.17) is 0 Å². The Morgan fingerprint density at radius 3 is 2.38 bits per heavy atom. The van der Waals surface area contributed by atoms with E-state index in [2.05, 4.69) is 5.32 Å². The molecule has 3 fully saturated rings. The summed E-state index contributed by atoms with van der Waals surface area (Å²) in [6.45, 7) is 0.879. The summed E-state index contributed by atoms with van der Waals surface area (Å²) < 4.78 is 21.9. The van der Waals surface area contributed by atoms with Crippen LogP contribution in [0.1, 0.15) is 25.7 Å². The predicted molar refractivity (Wildman–Crippen MR) is 63.9 cm³/mol. The normalized spacial score (nSPS) is 44.7. The first-order chi connectivity index (χ1) is 7.56. The molecule has 3 aliphatic carbocycles. The molecule has 0 saturated heterocycles. The number of hydrogen-bond acceptors (Lipinski definition) is 3. The maximum atomic E-state index is 11.0. The minimum absolute atomic E-state index is 0.328. The molecular formula is C12H21NO2S. The molecule has 0 aromatic rings. The fourth-order valence-corrected chi connectivity index (χ4v) is 4.87. The summed E-state index contributed by atoms with van der Waals surface area (Å²) >= 11 is 0. The third kappa shape index (κ3) is 1.90. The molecule has 0 heterocycles. The SMILES string of the molecule is CS(=O)(=O)CCCNC1C2C3CCC(C3)C12. The summed E-state index contributed by atoms with van der Waals surface area (Å²) in [6, 6.07) is 0.741. The molecule has 4 unspecified atom stereocenters. The maximum Gasteiger partial charge on any atom is 0.147 e. The monoisotopic (exact) mass is 243 g/mol. The predicted octanol–water partition coefficient (Wildman–Crippen LogP) is 1.06. The van der Waals surface area contributed by atoms with Gasteiger partial charge in [0.25, 0.3) is 0 Å². The van der Waals surface area contributed by atoms with E-state index in [-0.39, 0.29) is 0 Å². The largest absolute Gasteiger partial charge is 0.313 e. The Hall–Kier alpha value is -0.0900. The second kappa shape index (κ2) is 3.70. The molecule has 0 aromatic heterocycles. The van der Waals surface area contributed by atoms with Gasteiger partial charge in [-0.1, -0.05) is 0 Å². The zero-order chi connectivity index (χ0) is 11.3. The van der Waals surface area contributed by atoms with E-state index in [1.54, 1.807) is 0 Å². The van der Waals surface area contributed by atoms with Crippen LogP contribution in [0, 0.1) is 23.7 Å². The Morgan fingerprint density at radius 1 is 1.19 bits per heavy atom. The molecule has 0 aliphatic heterocycles. The molecule has 3 rings (SSSR count). The lowest BCUT2D eigenvalue weighted by molar-refractivity contribution is 0.456. The van der Waals surface area contributed by atoms with E-state index in [0.29, 0.717) is 5.75 Å². The van der Waals surface area contributed by atoms with Crippen molar-refractivity contribution < 1.29 is 8.42 Å². The van der Waals surface area contributed by atoms with Crippen molar-refractivity contribution in [2.75, 3.05) is 18.6 Å². The lowest BCUT2D eigenvalue weighted by Gasteiger charge is -2.09.